The Morgan fingerprint density at radius 1 is 0.593 bits per heavy atom. The standard InChI is InChI=1S/2C6H10O7.Ca/c2*7-1-2(8)3(9)4(10)5(11)6(12)13;/h2*1-5,8-11H,(H,12,13);/q;;+2/p-2/t2*2-,3+,4+,5-;/m11./s1. The van der Waals surface area contributed by atoms with E-state index in [9.17, 15) is 29.4 Å². The summed E-state index contributed by atoms with van der Waals surface area (Å²) in [7, 11) is 0. The molecule has 0 aromatic heterocycles. The Bertz CT molecular complexity index is 431. The molecule has 0 aliphatic carbocycles. The normalized spacial score (nSPS) is 19.3. The molecule has 0 unspecified atom stereocenters. The first kappa shape index (κ1) is 30.9. The number of aliphatic hydroxyl groups excluding tert-OH is 8. The monoisotopic (exact) mass is 426 g/mol. The van der Waals surface area contributed by atoms with Gasteiger partial charge in [0.2, 0.25) is 0 Å². The first-order chi connectivity index (χ1) is 11.8. The number of hydrogen-bond donors (Lipinski definition) is 8. The van der Waals surface area contributed by atoms with Crippen LogP contribution in [0.5, 0.6) is 0 Å². The summed E-state index contributed by atoms with van der Waals surface area (Å²) in [5, 5.41) is 89.7. The van der Waals surface area contributed by atoms with E-state index in [1.54, 1.807) is 0 Å². The molecular formula is C12H18CaO14. The Kier molecular flexibility index (Phi) is 17.4. The van der Waals surface area contributed by atoms with Crippen LogP contribution in [0.1, 0.15) is 0 Å². The van der Waals surface area contributed by atoms with Gasteiger partial charge < -0.3 is 70.2 Å². The fraction of sp³-hybridized carbons (Fsp3) is 0.667. The topological polar surface area (TPSA) is 276 Å². The molecule has 15 heteroatoms. The summed E-state index contributed by atoms with van der Waals surface area (Å²) >= 11 is 0. The molecule has 0 rings (SSSR count). The van der Waals surface area contributed by atoms with E-state index in [1.165, 1.54) is 0 Å². The summed E-state index contributed by atoms with van der Waals surface area (Å²) in [5.74, 6) is -4.02. The number of carbonyl (C=O) groups excluding carboxylic acids is 4. The minimum Gasteiger partial charge on any atom is -0.547 e. The number of carboxylic acid groups (broad SMARTS) is 2. The number of aliphatic carboxylic acids is 2. The van der Waals surface area contributed by atoms with Crippen LogP contribution < -0.4 is 10.2 Å². The van der Waals surface area contributed by atoms with Crippen LogP contribution in [0.4, 0.5) is 0 Å². The van der Waals surface area contributed by atoms with Gasteiger partial charge in [0.15, 0.2) is 12.6 Å². The van der Waals surface area contributed by atoms with Gasteiger partial charge in [0.25, 0.3) is 0 Å². The maximum Gasteiger partial charge on any atom is 2.00 e. The molecule has 0 aliphatic heterocycles. The minimum atomic E-state index is -2.36. The average molecular weight is 426 g/mol. The van der Waals surface area contributed by atoms with Crippen molar-refractivity contribution in [2.75, 3.05) is 0 Å². The number of hydrogen-bond acceptors (Lipinski definition) is 14. The summed E-state index contributed by atoms with van der Waals surface area (Å²) in [4.78, 5) is 39.7. The molecule has 0 saturated heterocycles. The molecule has 8 atom stereocenters. The molecule has 0 heterocycles. The third-order valence-corrected chi connectivity index (χ3v) is 2.81. The van der Waals surface area contributed by atoms with Gasteiger partial charge in [-0.3, -0.25) is 0 Å². The van der Waals surface area contributed by atoms with E-state index < -0.39 is 60.8 Å². The van der Waals surface area contributed by atoms with Crippen LogP contribution in [0.3, 0.4) is 0 Å². The van der Waals surface area contributed by atoms with Gasteiger partial charge in [-0.2, -0.15) is 0 Å². The summed E-state index contributed by atoms with van der Waals surface area (Å²) in [6, 6.07) is 0. The van der Waals surface area contributed by atoms with Gasteiger partial charge in [0.05, 0.1) is 11.9 Å². The molecule has 0 spiro atoms. The Morgan fingerprint density at radius 2 is 0.815 bits per heavy atom. The van der Waals surface area contributed by atoms with E-state index in [-0.39, 0.29) is 50.3 Å². The Hall–Kier alpha value is -0.780. The zero-order valence-electron chi connectivity index (χ0n) is 13.5. The summed E-state index contributed by atoms with van der Waals surface area (Å²) in [6.45, 7) is 0. The third-order valence-electron chi connectivity index (χ3n) is 2.81. The van der Waals surface area contributed by atoms with Gasteiger partial charge in [-0.25, -0.2) is 0 Å². The summed E-state index contributed by atoms with van der Waals surface area (Å²) in [5.41, 5.74) is 0. The van der Waals surface area contributed by atoms with Gasteiger partial charge >= 0.3 is 37.7 Å². The molecule has 0 fully saturated rings. The van der Waals surface area contributed by atoms with E-state index in [1.807, 2.05) is 0 Å². The van der Waals surface area contributed by atoms with Gasteiger partial charge in [-0.1, -0.05) is 0 Å². The Morgan fingerprint density at radius 3 is 0.963 bits per heavy atom. The Balaban J connectivity index is -0.000000411. The van der Waals surface area contributed by atoms with Crippen LogP contribution in [0.15, 0.2) is 0 Å². The molecule has 0 aromatic rings. The van der Waals surface area contributed by atoms with Gasteiger partial charge in [0, 0.05) is 0 Å². The van der Waals surface area contributed by atoms with Gasteiger partial charge in [-0.05, 0) is 0 Å². The van der Waals surface area contributed by atoms with Crippen LogP contribution >= 0.6 is 0 Å². The molecule has 152 valence electrons. The molecule has 0 bridgehead atoms. The molecule has 0 amide bonds. The molecule has 27 heavy (non-hydrogen) atoms. The van der Waals surface area contributed by atoms with Crippen LogP contribution in [-0.2, 0) is 19.2 Å². The molecular weight excluding hydrogens is 408 g/mol. The zero-order valence-corrected chi connectivity index (χ0v) is 15.7. The third kappa shape index (κ3) is 11.0. The molecule has 0 aliphatic rings. The van der Waals surface area contributed by atoms with E-state index in [4.69, 9.17) is 40.9 Å². The number of rotatable bonds is 10. The van der Waals surface area contributed by atoms with Crippen molar-refractivity contribution in [1.82, 2.24) is 0 Å². The molecule has 0 aromatic carbocycles. The van der Waals surface area contributed by atoms with Crippen molar-refractivity contribution in [3.63, 3.8) is 0 Å². The van der Waals surface area contributed by atoms with E-state index in [2.05, 4.69) is 0 Å². The van der Waals surface area contributed by atoms with E-state index in [0.29, 0.717) is 0 Å². The van der Waals surface area contributed by atoms with Gasteiger partial charge in [0.1, 0.15) is 48.8 Å². The fourth-order valence-electron chi connectivity index (χ4n) is 1.22. The summed E-state index contributed by atoms with van der Waals surface area (Å²) < 4.78 is 0. The zero-order chi connectivity index (χ0) is 21.2. The largest absolute Gasteiger partial charge is 2.00 e. The predicted octanol–water partition coefficient (Wildman–Crippen LogP) is -9.62. The molecule has 8 N–H and O–H groups in total. The molecule has 0 saturated carbocycles. The van der Waals surface area contributed by atoms with Crippen molar-refractivity contribution in [2.45, 2.75) is 48.8 Å². The number of aldehydes is 2. The smallest absolute Gasteiger partial charge is 0.547 e. The number of carboxylic acids is 2. The summed E-state index contributed by atoms with van der Waals surface area (Å²) in [6.07, 6.45) is -17.3. The quantitative estimate of drug-likeness (QED) is 0.119. The second-order valence-corrected chi connectivity index (χ2v) is 4.74. The second kappa shape index (κ2) is 15.2. The average Bonchev–Trinajstić information content (AvgIpc) is 2.62. The van der Waals surface area contributed by atoms with Crippen molar-refractivity contribution >= 4 is 62.2 Å². The SMILES string of the molecule is O=C[C@@H](O)[C@H](O)[C@H](O)[C@@H](O)C(=O)[O-].O=C[C@@H](O)[C@H](O)[C@H](O)[C@@H](O)C(=O)[O-].[Ca+2]. The number of carbonyl (C=O) groups is 4. The van der Waals surface area contributed by atoms with Crippen molar-refractivity contribution in [2.24, 2.45) is 0 Å². The van der Waals surface area contributed by atoms with Crippen LogP contribution in [-0.4, -0.2) is 152 Å². The van der Waals surface area contributed by atoms with Crippen molar-refractivity contribution < 1.29 is 70.2 Å². The maximum atomic E-state index is 9.95. The first-order valence-corrected chi connectivity index (χ1v) is 6.60. The van der Waals surface area contributed by atoms with Gasteiger partial charge in [-0.15, -0.1) is 0 Å². The van der Waals surface area contributed by atoms with E-state index >= 15 is 0 Å². The first-order valence-electron chi connectivity index (χ1n) is 6.60. The van der Waals surface area contributed by atoms with Crippen LogP contribution in [0.25, 0.3) is 0 Å². The van der Waals surface area contributed by atoms with Crippen LogP contribution in [0, 0.1) is 0 Å². The van der Waals surface area contributed by atoms with Crippen LogP contribution in [0.2, 0.25) is 0 Å². The number of aliphatic hydroxyl groups is 8. The molecule has 0 radical (unpaired) electrons. The molecule has 14 nitrogen and oxygen atoms in total. The van der Waals surface area contributed by atoms with Crippen molar-refractivity contribution in [3.8, 4) is 0 Å². The van der Waals surface area contributed by atoms with Crippen molar-refractivity contribution in [3.05, 3.63) is 0 Å². The fourth-order valence-corrected chi connectivity index (χ4v) is 1.22. The Labute approximate surface area is 180 Å². The minimum absolute atomic E-state index is 0. The van der Waals surface area contributed by atoms with Crippen molar-refractivity contribution in [1.29, 1.82) is 0 Å². The predicted molar refractivity (Wildman–Crippen MR) is 76.0 cm³/mol. The maximum absolute atomic E-state index is 9.95. The van der Waals surface area contributed by atoms with E-state index in [0.717, 1.165) is 0 Å². The second-order valence-electron chi connectivity index (χ2n) is 4.74.